The summed E-state index contributed by atoms with van der Waals surface area (Å²) in [7, 11) is 2.20. The zero-order valence-corrected chi connectivity index (χ0v) is 20.6. The van der Waals surface area contributed by atoms with E-state index < -0.39 is 0 Å². The fourth-order valence-corrected chi connectivity index (χ4v) is 4.44. The number of allylic oxidation sites excluding steroid dienone is 2. The van der Waals surface area contributed by atoms with E-state index in [-0.39, 0.29) is 0 Å². The minimum absolute atomic E-state index is 0.526. The number of benzene rings is 1. The molecule has 0 unspecified atom stereocenters. The van der Waals surface area contributed by atoms with E-state index in [9.17, 15) is 5.26 Å². The molecular formula is C27H36N6. The van der Waals surface area contributed by atoms with Crippen LogP contribution in [-0.4, -0.2) is 41.3 Å². The molecule has 0 aliphatic carbocycles. The maximum Gasteiger partial charge on any atom is 0.156 e. The van der Waals surface area contributed by atoms with Crippen molar-refractivity contribution in [1.82, 2.24) is 20.4 Å². The highest BCUT2D eigenvalue weighted by Gasteiger charge is 2.19. The maximum absolute atomic E-state index is 9.36. The Morgan fingerprint density at radius 1 is 1.24 bits per heavy atom. The van der Waals surface area contributed by atoms with Crippen molar-refractivity contribution >= 4 is 18.0 Å². The van der Waals surface area contributed by atoms with Crippen molar-refractivity contribution in [3.05, 3.63) is 62.8 Å². The summed E-state index contributed by atoms with van der Waals surface area (Å²) in [4.78, 5) is 2.42. The molecule has 0 atom stereocenters. The molecule has 6 heteroatoms. The summed E-state index contributed by atoms with van der Waals surface area (Å²) in [6, 6.07) is 8.63. The predicted octanol–water partition coefficient (Wildman–Crippen LogP) is 3.14. The summed E-state index contributed by atoms with van der Waals surface area (Å²) < 4.78 is 0. The zero-order valence-electron chi connectivity index (χ0n) is 20.6. The molecule has 174 valence electrons. The van der Waals surface area contributed by atoms with Crippen LogP contribution in [0, 0.1) is 25.2 Å². The first-order valence-electron chi connectivity index (χ1n) is 11.9. The fraction of sp³-hybridized carbons (Fsp3) is 0.444. The maximum atomic E-state index is 9.36. The summed E-state index contributed by atoms with van der Waals surface area (Å²) >= 11 is 0. The van der Waals surface area contributed by atoms with Crippen molar-refractivity contribution in [2.45, 2.75) is 59.5 Å². The normalized spacial score (nSPS) is 16.1. The Bertz CT molecular complexity index is 1150. The summed E-state index contributed by atoms with van der Waals surface area (Å²) in [6.07, 6.45) is 9.91. The second kappa shape index (κ2) is 11.6. The van der Waals surface area contributed by atoms with E-state index >= 15 is 0 Å². The average Bonchev–Trinajstić information content (AvgIpc) is 2.84. The number of aromatic nitrogens is 2. The molecule has 1 aliphatic heterocycles. The predicted molar refractivity (Wildman–Crippen MR) is 136 cm³/mol. The van der Waals surface area contributed by atoms with Crippen LogP contribution >= 0.6 is 0 Å². The minimum Gasteiger partial charge on any atom is -0.372 e. The highest BCUT2D eigenvalue weighted by Crippen LogP contribution is 2.17. The molecule has 0 radical (unpaired) electrons. The van der Waals surface area contributed by atoms with Crippen molar-refractivity contribution in [1.29, 1.82) is 5.26 Å². The summed E-state index contributed by atoms with van der Waals surface area (Å²) in [5.41, 5.74) is 4.91. The molecule has 1 aromatic carbocycles. The standard InChI is InChI=1S/C27H36N6/c1-6-9-24(33(5)23-12-14-29-15-13-23)16-26-25(7-2)20(4)31-32-27(26)30-18-22-11-8-10-21(17-28)19(22)3/h7-11,16,23,29H,6,12-15,18H2,1-5H3,(H,30,32)/b24-9-,25-7-,26-16+. The van der Waals surface area contributed by atoms with Crippen LogP contribution in [0.5, 0.6) is 0 Å². The van der Waals surface area contributed by atoms with Gasteiger partial charge in [0.1, 0.15) is 0 Å². The van der Waals surface area contributed by atoms with Gasteiger partial charge < -0.3 is 15.5 Å². The molecule has 0 saturated carbocycles. The van der Waals surface area contributed by atoms with Gasteiger partial charge in [-0.3, -0.25) is 0 Å². The zero-order chi connectivity index (χ0) is 23.8. The Morgan fingerprint density at radius 2 is 2.00 bits per heavy atom. The third-order valence-corrected chi connectivity index (χ3v) is 6.51. The quantitative estimate of drug-likeness (QED) is 0.683. The van der Waals surface area contributed by atoms with Crippen molar-refractivity contribution in [2.75, 3.05) is 25.5 Å². The van der Waals surface area contributed by atoms with Gasteiger partial charge in [-0.1, -0.05) is 31.2 Å². The lowest BCUT2D eigenvalue weighted by atomic mass is 10.0. The molecule has 1 fully saturated rings. The molecule has 6 nitrogen and oxygen atoms in total. The SMILES string of the molecule is C/C=c1/c(C)nnc(NCc2cccc(C#N)c2C)/c1=C/C(=C/CC)N(C)C1CCNCC1. The van der Waals surface area contributed by atoms with Crippen LogP contribution in [0.1, 0.15) is 55.5 Å². The van der Waals surface area contributed by atoms with Crippen molar-refractivity contribution in [3.63, 3.8) is 0 Å². The van der Waals surface area contributed by atoms with E-state index in [0.29, 0.717) is 18.2 Å². The largest absolute Gasteiger partial charge is 0.372 e. The molecule has 0 amide bonds. The minimum atomic E-state index is 0.526. The van der Waals surface area contributed by atoms with E-state index in [1.807, 2.05) is 39.0 Å². The molecule has 1 saturated heterocycles. The topological polar surface area (TPSA) is 76.9 Å². The van der Waals surface area contributed by atoms with Crippen LogP contribution in [0.25, 0.3) is 12.2 Å². The van der Waals surface area contributed by atoms with E-state index in [4.69, 9.17) is 0 Å². The smallest absolute Gasteiger partial charge is 0.156 e. The molecular weight excluding hydrogens is 408 g/mol. The number of anilines is 1. The molecule has 3 rings (SSSR count). The van der Waals surface area contributed by atoms with Gasteiger partial charge in [-0.25, -0.2) is 0 Å². The molecule has 0 bridgehead atoms. The lowest BCUT2D eigenvalue weighted by molar-refractivity contribution is 0.253. The average molecular weight is 445 g/mol. The van der Waals surface area contributed by atoms with E-state index in [2.05, 4.69) is 64.0 Å². The molecule has 1 aliphatic rings. The number of piperidine rings is 1. The van der Waals surface area contributed by atoms with Crippen LogP contribution in [0.3, 0.4) is 0 Å². The van der Waals surface area contributed by atoms with Crippen LogP contribution in [0.4, 0.5) is 5.82 Å². The Hall–Kier alpha value is -3.17. The number of rotatable bonds is 7. The number of hydrogen-bond donors (Lipinski definition) is 2. The Balaban J connectivity index is 2.03. The third-order valence-electron chi connectivity index (χ3n) is 6.51. The van der Waals surface area contributed by atoms with Gasteiger partial charge in [-0.05, 0) is 76.4 Å². The van der Waals surface area contributed by atoms with E-state index in [0.717, 1.165) is 65.4 Å². The first-order chi connectivity index (χ1) is 16.0. The lowest BCUT2D eigenvalue weighted by Gasteiger charge is -2.34. The number of nitriles is 1. The molecule has 2 N–H and O–H groups in total. The second-order valence-electron chi connectivity index (χ2n) is 8.58. The fourth-order valence-electron chi connectivity index (χ4n) is 4.44. The monoisotopic (exact) mass is 444 g/mol. The van der Waals surface area contributed by atoms with E-state index in [1.54, 1.807) is 0 Å². The molecule has 0 spiro atoms. The number of nitrogens with one attached hydrogen (secondary N) is 2. The van der Waals surface area contributed by atoms with Crippen LogP contribution in [0.2, 0.25) is 0 Å². The Kier molecular flexibility index (Phi) is 8.62. The highest BCUT2D eigenvalue weighted by molar-refractivity contribution is 5.55. The summed E-state index contributed by atoms with van der Waals surface area (Å²) in [5, 5.41) is 27.4. The van der Waals surface area contributed by atoms with Gasteiger partial charge in [0.05, 0.1) is 17.3 Å². The molecule has 1 aromatic heterocycles. The summed E-state index contributed by atoms with van der Waals surface area (Å²) in [5.74, 6) is 0.760. The van der Waals surface area contributed by atoms with Crippen molar-refractivity contribution in [3.8, 4) is 6.07 Å². The van der Waals surface area contributed by atoms with Gasteiger partial charge in [0, 0.05) is 35.8 Å². The third kappa shape index (κ3) is 5.80. The number of nitrogens with zero attached hydrogens (tertiary/aromatic N) is 4. The Morgan fingerprint density at radius 3 is 2.67 bits per heavy atom. The van der Waals surface area contributed by atoms with Gasteiger partial charge in [0.2, 0.25) is 0 Å². The number of hydrogen-bond acceptors (Lipinski definition) is 6. The molecule has 2 aromatic rings. The lowest BCUT2D eigenvalue weighted by Crippen LogP contribution is -2.41. The molecule has 2 heterocycles. The number of aryl methyl sites for hydroxylation is 1. The van der Waals surface area contributed by atoms with Crippen LogP contribution in [0.15, 0.2) is 30.0 Å². The van der Waals surface area contributed by atoms with Gasteiger partial charge in [-0.2, -0.15) is 10.4 Å². The van der Waals surface area contributed by atoms with Gasteiger partial charge in [0.15, 0.2) is 5.82 Å². The first-order valence-corrected chi connectivity index (χ1v) is 11.9. The van der Waals surface area contributed by atoms with Gasteiger partial charge in [0.25, 0.3) is 0 Å². The summed E-state index contributed by atoms with van der Waals surface area (Å²) in [6.45, 7) is 10.9. The Labute approximate surface area is 197 Å². The van der Waals surface area contributed by atoms with E-state index in [1.165, 1.54) is 5.70 Å². The van der Waals surface area contributed by atoms with Crippen molar-refractivity contribution < 1.29 is 0 Å². The molecule has 33 heavy (non-hydrogen) atoms. The van der Waals surface area contributed by atoms with Gasteiger partial charge in [-0.15, -0.1) is 5.10 Å². The van der Waals surface area contributed by atoms with Gasteiger partial charge >= 0.3 is 0 Å². The van der Waals surface area contributed by atoms with Crippen LogP contribution < -0.4 is 21.1 Å². The highest BCUT2D eigenvalue weighted by atomic mass is 15.2. The van der Waals surface area contributed by atoms with Crippen LogP contribution in [-0.2, 0) is 6.54 Å². The second-order valence-corrected chi connectivity index (χ2v) is 8.58. The first kappa shape index (κ1) is 24.5. The van der Waals surface area contributed by atoms with Crippen molar-refractivity contribution in [2.24, 2.45) is 0 Å².